The van der Waals surface area contributed by atoms with Crippen molar-refractivity contribution in [3.8, 4) is 0 Å². The number of pyridine rings is 1. The van der Waals surface area contributed by atoms with Crippen molar-refractivity contribution >= 4 is 17.9 Å². The lowest BCUT2D eigenvalue weighted by Crippen LogP contribution is -2.37. The molecule has 2 aliphatic rings. The highest BCUT2D eigenvalue weighted by molar-refractivity contribution is 5.84. The van der Waals surface area contributed by atoms with Crippen LogP contribution in [-0.4, -0.2) is 23.7 Å². The van der Waals surface area contributed by atoms with Crippen LogP contribution < -0.4 is 5.32 Å². The molecule has 5 heteroatoms. The maximum atomic E-state index is 11.7. The van der Waals surface area contributed by atoms with Crippen LogP contribution in [0.2, 0.25) is 0 Å². The molecule has 0 aliphatic carbocycles. The molecule has 1 atom stereocenters. The Balaban J connectivity index is 1.91. The lowest BCUT2D eigenvalue weighted by atomic mass is 10.1. The lowest BCUT2D eigenvalue weighted by molar-refractivity contribution is -0.135. The summed E-state index contributed by atoms with van der Waals surface area (Å²) in [5, 5.41) is 2.66. The van der Waals surface area contributed by atoms with Crippen LogP contribution in [0.4, 0.5) is 5.82 Å². The molecule has 1 saturated heterocycles. The highest BCUT2D eigenvalue weighted by Gasteiger charge is 2.28. The van der Waals surface area contributed by atoms with E-state index >= 15 is 0 Å². The number of morpholine rings is 1. The number of nitrogens with zero attached hydrogens (tertiary/aromatic N) is 2. The first-order valence-electron chi connectivity index (χ1n) is 5.36. The molecule has 5 nitrogen and oxygen atoms in total. The lowest BCUT2D eigenvalue weighted by Gasteiger charge is -2.23. The van der Waals surface area contributed by atoms with Crippen molar-refractivity contribution in [2.45, 2.75) is 12.5 Å². The van der Waals surface area contributed by atoms with Crippen molar-refractivity contribution < 1.29 is 9.53 Å². The average Bonchev–Trinajstić information content (AvgIpc) is 2.75. The Morgan fingerprint density at radius 1 is 1.47 bits per heavy atom. The van der Waals surface area contributed by atoms with Gasteiger partial charge in [-0.1, -0.05) is 12.6 Å². The molecule has 86 valence electrons. The Bertz CT molecular complexity index is 537. The first-order chi connectivity index (χ1) is 8.24. The monoisotopic (exact) mass is 229 g/mol. The molecule has 17 heavy (non-hydrogen) atoms. The maximum absolute atomic E-state index is 11.7. The fourth-order valence-corrected chi connectivity index (χ4v) is 1.89. The molecular weight excluding hydrogens is 218 g/mol. The topological polar surface area (TPSA) is 63.6 Å². The molecule has 2 aliphatic heterocycles. The smallest absolute Gasteiger partial charge is 0.259 e. The fourth-order valence-electron chi connectivity index (χ4n) is 1.89. The van der Waals surface area contributed by atoms with E-state index < -0.39 is 6.10 Å². The third kappa shape index (κ3) is 1.74. The summed E-state index contributed by atoms with van der Waals surface area (Å²) in [6, 6.07) is 3.75. The van der Waals surface area contributed by atoms with Gasteiger partial charge >= 0.3 is 0 Å². The van der Waals surface area contributed by atoms with E-state index in [0.717, 1.165) is 12.0 Å². The van der Waals surface area contributed by atoms with E-state index in [2.05, 4.69) is 21.9 Å². The summed E-state index contributed by atoms with van der Waals surface area (Å²) in [7, 11) is 0. The largest absolute Gasteiger partial charge is 0.356 e. The van der Waals surface area contributed by atoms with Crippen LogP contribution in [0.15, 0.2) is 29.4 Å². The summed E-state index contributed by atoms with van der Waals surface area (Å²) < 4.78 is 5.42. The molecule has 1 unspecified atom stereocenters. The van der Waals surface area contributed by atoms with E-state index in [4.69, 9.17) is 4.74 Å². The molecule has 1 aromatic heterocycles. The first kappa shape index (κ1) is 10.2. The Kier molecular flexibility index (Phi) is 2.26. The average molecular weight is 229 g/mol. The minimum Gasteiger partial charge on any atom is -0.356 e. The Morgan fingerprint density at radius 3 is 3.18 bits per heavy atom. The van der Waals surface area contributed by atoms with E-state index in [-0.39, 0.29) is 5.91 Å². The highest BCUT2D eigenvalue weighted by Crippen LogP contribution is 2.26. The Morgan fingerprint density at radius 2 is 2.35 bits per heavy atom. The maximum Gasteiger partial charge on any atom is 0.259 e. The van der Waals surface area contributed by atoms with Crippen LogP contribution in [0.1, 0.15) is 17.4 Å². The molecule has 3 rings (SSSR count). The van der Waals surface area contributed by atoms with Gasteiger partial charge in [0.2, 0.25) is 0 Å². The number of hydrogen-bond acceptors (Lipinski definition) is 4. The van der Waals surface area contributed by atoms with Crippen LogP contribution in [0.3, 0.4) is 0 Å². The van der Waals surface area contributed by atoms with Crippen molar-refractivity contribution in [1.82, 2.24) is 10.3 Å². The quantitative estimate of drug-likeness (QED) is 0.782. The Labute approximate surface area is 98.2 Å². The summed E-state index contributed by atoms with van der Waals surface area (Å²) >= 11 is 0. The summed E-state index contributed by atoms with van der Waals surface area (Å²) in [6.07, 6.45) is 1.95. The van der Waals surface area contributed by atoms with Gasteiger partial charge in [-0.3, -0.25) is 4.79 Å². The van der Waals surface area contributed by atoms with E-state index in [1.165, 1.54) is 0 Å². The van der Waals surface area contributed by atoms with E-state index in [1.807, 2.05) is 18.3 Å². The second-order valence-electron chi connectivity index (χ2n) is 4.02. The normalized spacial score (nSPS) is 22.5. The number of rotatable bonds is 1. The van der Waals surface area contributed by atoms with Crippen LogP contribution in [-0.2, 0) is 16.0 Å². The van der Waals surface area contributed by atoms with Gasteiger partial charge in [-0.05, 0) is 6.07 Å². The predicted molar refractivity (Wildman–Crippen MR) is 62.1 cm³/mol. The third-order valence-electron chi connectivity index (χ3n) is 2.73. The number of fused-ring (bicyclic) bond motifs is 1. The van der Waals surface area contributed by atoms with Gasteiger partial charge in [0, 0.05) is 23.9 Å². The summed E-state index contributed by atoms with van der Waals surface area (Å²) in [6.45, 7) is 3.97. The highest BCUT2D eigenvalue weighted by atomic mass is 16.5. The number of hydrogen-bond donors (Lipinski definition) is 1. The summed E-state index contributed by atoms with van der Waals surface area (Å²) in [5.74, 6) is 0.457. The van der Waals surface area contributed by atoms with Crippen LogP contribution in [0.5, 0.6) is 0 Å². The zero-order valence-electron chi connectivity index (χ0n) is 9.14. The molecule has 1 N–H and O–H groups in total. The van der Waals surface area contributed by atoms with Crippen molar-refractivity contribution in [3.63, 3.8) is 0 Å². The first-order valence-corrected chi connectivity index (χ1v) is 5.36. The number of carbonyl (C=O) groups excluding carboxylic acids is 1. The number of aromatic nitrogens is 1. The van der Waals surface area contributed by atoms with Gasteiger partial charge in [0.1, 0.15) is 0 Å². The number of carbonyl (C=O) groups is 1. The zero-order valence-corrected chi connectivity index (χ0v) is 9.14. The third-order valence-corrected chi connectivity index (χ3v) is 2.73. The van der Waals surface area contributed by atoms with Crippen LogP contribution in [0, 0.1) is 0 Å². The van der Waals surface area contributed by atoms with Crippen molar-refractivity contribution in [2.24, 2.45) is 4.99 Å². The van der Waals surface area contributed by atoms with Gasteiger partial charge < -0.3 is 10.1 Å². The predicted octanol–water partition coefficient (Wildman–Crippen LogP) is 1.04. The van der Waals surface area contributed by atoms with Crippen LogP contribution >= 0.6 is 0 Å². The minimum absolute atomic E-state index is 0.226. The van der Waals surface area contributed by atoms with Gasteiger partial charge in [0.25, 0.3) is 5.91 Å². The number of aliphatic imine (C=N–C) groups is 1. The fraction of sp³-hybridized carbons (Fsp3) is 0.250. The molecule has 3 heterocycles. The molecular formula is C12H11N3O2. The van der Waals surface area contributed by atoms with E-state index in [0.29, 0.717) is 23.8 Å². The molecule has 0 aromatic carbocycles. The Hall–Kier alpha value is -2.01. The number of nitrogens with one attached hydrogen (secondary N) is 1. The summed E-state index contributed by atoms with van der Waals surface area (Å²) in [4.78, 5) is 20.2. The SMILES string of the molecule is C=C1COC(c2ccc3c(n2)N=CC3)C(=O)N1. The van der Waals surface area contributed by atoms with Crippen molar-refractivity contribution in [1.29, 1.82) is 0 Å². The van der Waals surface area contributed by atoms with Gasteiger partial charge in [-0.2, -0.15) is 0 Å². The van der Waals surface area contributed by atoms with Gasteiger partial charge in [-0.25, -0.2) is 9.98 Å². The zero-order chi connectivity index (χ0) is 11.8. The van der Waals surface area contributed by atoms with Crippen molar-refractivity contribution in [3.05, 3.63) is 35.7 Å². The van der Waals surface area contributed by atoms with E-state index in [1.54, 1.807) is 0 Å². The second kappa shape index (κ2) is 3.78. The van der Waals surface area contributed by atoms with Gasteiger partial charge in [0.05, 0.1) is 12.3 Å². The van der Waals surface area contributed by atoms with E-state index in [9.17, 15) is 4.79 Å². The summed E-state index contributed by atoms with van der Waals surface area (Å²) in [5.41, 5.74) is 2.24. The molecule has 0 spiro atoms. The number of ether oxygens (including phenoxy) is 1. The molecule has 1 aromatic rings. The molecule has 0 bridgehead atoms. The standard InChI is InChI=1S/C12H11N3O2/c1-7-6-17-10(12(16)14-7)9-3-2-8-4-5-13-11(8)15-9/h2-3,5,10H,1,4,6H2,(H,14,16). The van der Waals surface area contributed by atoms with Gasteiger partial charge in [0.15, 0.2) is 11.9 Å². The molecule has 0 saturated carbocycles. The van der Waals surface area contributed by atoms with Crippen molar-refractivity contribution in [2.75, 3.05) is 6.61 Å². The van der Waals surface area contributed by atoms with Gasteiger partial charge in [-0.15, -0.1) is 0 Å². The second-order valence-corrected chi connectivity index (χ2v) is 4.02. The molecule has 1 fully saturated rings. The molecule has 0 radical (unpaired) electrons. The number of amides is 1. The minimum atomic E-state index is -0.665. The molecule has 1 amide bonds. The van der Waals surface area contributed by atoms with Crippen LogP contribution in [0.25, 0.3) is 0 Å².